The molecule has 2 aromatic carbocycles. The van der Waals surface area contributed by atoms with Crippen molar-refractivity contribution in [2.45, 2.75) is 24.2 Å². The van der Waals surface area contributed by atoms with Gasteiger partial charge < -0.3 is 14.7 Å². The number of rotatable bonds is 8. The highest BCUT2D eigenvalue weighted by molar-refractivity contribution is 7.89. The van der Waals surface area contributed by atoms with Crippen molar-refractivity contribution in [2.24, 2.45) is 0 Å². The first-order chi connectivity index (χ1) is 15.0. The minimum absolute atomic E-state index is 0.105. The van der Waals surface area contributed by atoms with E-state index in [1.807, 2.05) is 11.9 Å². The number of nitrogens with zero attached hydrogens (tertiary/aromatic N) is 2. The average Bonchev–Trinajstić information content (AvgIpc) is 2.78. The highest BCUT2D eigenvalue weighted by atomic mass is 32.2. The molecule has 0 aliphatic carbocycles. The van der Waals surface area contributed by atoms with E-state index in [-0.39, 0.29) is 21.8 Å². The fraction of sp³-hybridized carbons (Fsp3) is 0.409. The van der Waals surface area contributed by atoms with Gasteiger partial charge in [-0.2, -0.15) is 4.31 Å². The number of sulfonamides is 1. The fourth-order valence-corrected chi connectivity index (χ4v) is 4.86. The van der Waals surface area contributed by atoms with Crippen molar-refractivity contribution in [2.75, 3.05) is 39.8 Å². The molecule has 174 valence electrons. The summed E-state index contributed by atoms with van der Waals surface area (Å²) >= 11 is 0. The molecule has 0 spiro atoms. The van der Waals surface area contributed by atoms with E-state index in [9.17, 15) is 22.0 Å². The first kappa shape index (κ1) is 24.1. The molecule has 0 atom stereocenters. The van der Waals surface area contributed by atoms with Crippen LogP contribution >= 0.6 is 0 Å². The van der Waals surface area contributed by atoms with Gasteiger partial charge in [0, 0.05) is 43.7 Å². The molecule has 0 bridgehead atoms. The molecule has 1 heterocycles. The third kappa shape index (κ3) is 5.25. The molecule has 7 nitrogen and oxygen atoms in total. The topological polar surface area (TPSA) is 87.1 Å². The van der Waals surface area contributed by atoms with E-state index in [0.717, 1.165) is 0 Å². The summed E-state index contributed by atoms with van der Waals surface area (Å²) in [4.78, 5) is 13.1. The largest absolute Gasteiger partial charge is 0.481 e. The van der Waals surface area contributed by atoms with Crippen molar-refractivity contribution in [3.05, 3.63) is 48.0 Å². The summed E-state index contributed by atoms with van der Waals surface area (Å²) < 4.78 is 61.1. The van der Waals surface area contributed by atoms with Gasteiger partial charge in [0.2, 0.25) is 10.0 Å². The summed E-state index contributed by atoms with van der Waals surface area (Å²) in [5.74, 6) is -4.14. The second kappa shape index (κ2) is 9.51. The molecule has 10 heteroatoms. The van der Waals surface area contributed by atoms with E-state index in [0.29, 0.717) is 31.7 Å². The molecule has 0 amide bonds. The highest BCUT2D eigenvalue weighted by Gasteiger charge is 2.30. The van der Waals surface area contributed by atoms with E-state index in [2.05, 4.69) is 0 Å². The summed E-state index contributed by atoms with van der Waals surface area (Å²) in [5.41, 5.74) is 0.476. The summed E-state index contributed by atoms with van der Waals surface area (Å²) in [6.45, 7) is 2.79. The second-order valence-corrected chi connectivity index (χ2v) is 9.62. The zero-order chi connectivity index (χ0) is 23.5. The second-order valence-electron chi connectivity index (χ2n) is 7.68. The number of aliphatic carboxylic acids is 1. The van der Waals surface area contributed by atoms with E-state index in [4.69, 9.17) is 9.84 Å². The van der Waals surface area contributed by atoms with Crippen LogP contribution in [0.5, 0.6) is 5.75 Å². The smallest absolute Gasteiger partial charge is 0.341 e. The summed E-state index contributed by atoms with van der Waals surface area (Å²) in [7, 11) is -1.74. The lowest BCUT2D eigenvalue weighted by molar-refractivity contribution is -0.139. The predicted octanol–water partition coefficient (Wildman–Crippen LogP) is 3.25. The summed E-state index contributed by atoms with van der Waals surface area (Å²) in [6.07, 6.45) is -0.399. The standard InChI is InChI=1S/C22H26F2N2O5S/c1-3-22(23,24)17-6-9-20(31-15-21(27)28)19(14-17)16-4-7-18(8-5-16)32(29,30)26-12-10-25(2)11-13-26/h4-9,14H,3,10-13,15H2,1-2H3,(H,27,28). The lowest BCUT2D eigenvalue weighted by Gasteiger charge is -2.31. The Hall–Kier alpha value is -2.56. The molecule has 2 aromatic rings. The van der Waals surface area contributed by atoms with Gasteiger partial charge in [0.25, 0.3) is 5.92 Å². The van der Waals surface area contributed by atoms with Crippen LogP contribution in [0.3, 0.4) is 0 Å². The SMILES string of the molecule is CCC(F)(F)c1ccc(OCC(=O)O)c(-c2ccc(S(=O)(=O)N3CCN(C)CC3)cc2)c1. The Morgan fingerprint density at radius 2 is 1.72 bits per heavy atom. The molecular formula is C22H26F2N2O5S. The molecule has 0 saturated carbocycles. The van der Waals surface area contributed by atoms with E-state index >= 15 is 0 Å². The van der Waals surface area contributed by atoms with Gasteiger partial charge in [-0.3, -0.25) is 0 Å². The van der Waals surface area contributed by atoms with Crippen molar-refractivity contribution in [1.82, 2.24) is 9.21 Å². The van der Waals surface area contributed by atoms with E-state index in [1.54, 1.807) is 0 Å². The fourth-order valence-electron chi connectivity index (χ4n) is 3.44. The molecule has 32 heavy (non-hydrogen) atoms. The number of piperazine rings is 1. The van der Waals surface area contributed by atoms with Gasteiger partial charge in [0.1, 0.15) is 5.75 Å². The van der Waals surface area contributed by atoms with Crippen LogP contribution in [0.1, 0.15) is 18.9 Å². The molecule has 1 saturated heterocycles. The van der Waals surface area contributed by atoms with Crippen LogP contribution in [0.2, 0.25) is 0 Å². The minimum atomic E-state index is -3.67. The van der Waals surface area contributed by atoms with Gasteiger partial charge >= 0.3 is 5.97 Å². The Bertz CT molecular complexity index is 1070. The van der Waals surface area contributed by atoms with Crippen molar-refractivity contribution < 1.29 is 31.8 Å². The van der Waals surface area contributed by atoms with Crippen LogP contribution in [-0.4, -0.2) is 68.5 Å². The van der Waals surface area contributed by atoms with Crippen molar-refractivity contribution in [1.29, 1.82) is 0 Å². The normalized spacial score (nSPS) is 16.1. The van der Waals surface area contributed by atoms with E-state index < -0.39 is 34.9 Å². The maximum absolute atomic E-state index is 14.3. The maximum Gasteiger partial charge on any atom is 0.341 e. The first-order valence-electron chi connectivity index (χ1n) is 10.2. The molecular weight excluding hydrogens is 442 g/mol. The van der Waals surface area contributed by atoms with Crippen LogP contribution in [0.25, 0.3) is 11.1 Å². The Balaban J connectivity index is 1.95. The molecule has 1 aliphatic heterocycles. The third-order valence-corrected chi connectivity index (χ3v) is 7.38. The van der Waals surface area contributed by atoms with Crippen LogP contribution < -0.4 is 4.74 Å². The number of hydrogen-bond acceptors (Lipinski definition) is 5. The van der Waals surface area contributed by atoms with Crippen LogP contribution in [0.15, 0.2) is 47.4 Å². The van der Waals surface area contributed by atoms with Gasteiger partial charge in [0.15, 0.2) is 6.61 Å². The number of ether oxygens (including phenoxy) is 1. The van der Waals surface area contributed by atoms with Crippen molar-refractivity contribution >= 4 is 16.0 Å². The third-order valence-electron chi connectivity index (χ3n) is 5.46. The van der Waals surface area contributed by atoms with Crippen LogP contribution in [0, 0.1) is 0 Å². The quantitative estimate of drug-likeness (QED) is 0.640. The number of carboxylic acids is 1. The monoisotopic (exact) mass is 468 g/mol. The van der Waals surface area contributed by atoms with Crippen LogP contribution in [0.4, 0.5) is 8.78 Å². The number of alkyl halides is 2. The highest BCUT2D eigenvalue weighted by Crippen LogP contribution is 2.38. The number of benzene rings is 2. The Kier molecular flexibility index (Phi) is 7.16. The molecule has 0 aromatic heterocycles. The Morgan fingerprint density at radius 1 is 1.09 bits per heavy atom. The van der Waals surface area contributed by atoms with Gasteiger partial charge in [-0.05, 0) is 42.9 Å². The van der Waals surface area contributed by atoms with Crippen LogP contribution in [-0.2, 0) is 20.7 Å². The van der Waals surface area contributed by atoms with Gasteiger partial charge in [-0.25, -0.2) is 22.0 Å². The number of carbonyl (C=O) groups is 1. The molecule has 1 N–H and O–H groups in total. The first-order valence-corrected chi connectivity index (χ1v) is 11.6. The molecule has 3 rings (SSSR count). The summed E-state index contributed by atoms with van der Waals surface area (Å²) in [5, 5.41) is 8.90. The number of hydrogen-bond donors (Lipinski definition) is 1. The van der Waals surface area contributed by atoms with E-state index in [1.165, 1.54) is 53.7 Å². The number of halogens is 2. The molecule has 1 aliphatic rings. The molecule has 0 unspecified atom stereocenters. The Labute approximate surface area is 186 Å². The van der Waals surface area contributed by atoms with Gasteiger partial charge in [-0.15, -0.1) is 0 Å². The molecule has 0 radical (unpaired) electrons. The van der Waals surface area contributed by atoms with Gasteiger partial charge in [-0.1, -0.05) is 19.1 Å². The number of carboxylic acid groups (broad SMARTS) is 1. The minimum Gasteiger partial charge on any atom is -0.481 e. The van der Waals surface area contributed by atoms with Gasteiger partial charge in [0.05, 0.1) is 4.90 Å². The lowest BCUT2D eigenvalue weighted by atomic mass is 9.98. The Morgan fingerprint density at radius 3 is 2.28 bits per heavy atom. The predicted molar refractivity (Wildman–Crippen MR) is 115 cm³/mol. The van der Waals surface area contributed by atoms with Crippen molar-refractivity contribution in [3.63, 3.8) is 0 Å². The summed E-state index contributed by atoms with van der Waals surface area (Å²) in [6, 6.07) is 9.65. The lowest BCUT2D eigenvalue weighted by Crippen LogP contribution is -2.46. The zero-order valence-electron chi connectivity index (χ0n) is 17.9. The van der Waals surface area contributed by atoms with Crippen molar-refractivity contribution in [3.8, 4) is 16.9 Å². The number of likely N-dealkylation sites (N-methyl/N-ethyl adjacent to an activating group) is 1. The molecule has 1 fully saturated rings. The maximum atomic E-state index is 14.3. The zero-order valence-corrected chi connectivity index (χ0v) is 18.7. The average molecular weight is 469 g/mol.